The number of aromatic hydroxyl groups is 1. The first kappa shape index (κ1) is 16.1. The van der Waals surface area contributed by atoms with Crippen molar-refractivity contribution in [1.29, 1.82) is 0 Å². The second-order valence-electron chi connectivity index (χ2n) is 6.53. The molecule has 128 valence electrons. The Morgan fingerprint density at radius 2 is 2.33 bits per heavy atom. The normalized spacial score (nSPS) is 20.7. The predicted molar refractivity (Wildman–Crippen MR) is 98.0 cm³/mol. The van der Waals surface area contributed by atoms with Crippen LogP contribution in [0.15, 0.2) is 17.5 Å². The zero-order valence-electron chi connectivity index (χ0n) is 14.0. The Balaban J connectivity index is 1.78. The number of aryl methyl sites for hydroxylation is 1. The molecule has 1 aliphatic heterocycles. The summed E-state index contributed by atoms with van der Waals surface area (Å²) in [5.74, 6) is 1.72. The number of rotatable bonds is 4. The summed E-state index contributed by atoms with van der Waals surface area (Å²) in [5.41, 5.74) is 0. The number of fused-ring (bicyclic) bond motifs is 1. The van der Waals surface area contributed by atoms with Crippen LogP contribution in [0.4, 0.5) is 0 Å². The highest BCUT2D eigenvalue weighted by molar-refractivity contribution is 7.17. The van der Waals surface area contributed by atoms with E-state index in [9.17, 15) is 5.11 Å². The topological polar surface area (TPSA) is 53.7 Å². The summed E-state index contributed by atoms with van der Waals surface area (Å²) >= 11 is 3.32. The Labute approximate surface area is 149 Å². The van der Waals surface area contributed by atoms with Gasteiger partial charge in [-0.25, -0.2) is 4.98 Å². The van der Waals surface area contributed by atoms with E-state index in [1.165, 1.54) is 17.7 Å². The molecule has 24 heavy (non-hydrogen) atoms. The number of thiazole rings is 1. The fourth-order valence-corrected chi connectivity index (χ4v) is 5.57. The monoisotopic (exact) mass is 362 g/mol. The summed E-state index contributed by atoms with van der Waals surface area (Å²) in [5, 5.41) is 17.3. The van der Waals surface area contributed by atoms with Crippen LogP contribution in [-0.2, 0) is 6.42 Å². The average Bonchev–Trinajstić information content (AvgIpc) is 3.28. The van der Waals surface area contributed by atoms with Gasteiger partial charge in [-0.3, -0.25) is 4.90 Å². The standard InChI is InChI=1S/C17H22N4OS2/c1-3-13-18-17-21(19-13)16(22)15(24-17)14(12-7-5-9-23-12)20-8-4-6-11(2)10-20/h5,7,9,11,14,22H,3-4,6,8,10H2,1-2H3/t11-,14-/m1/s1. The van der Waals surface area contributed by atoms with Gasteiger partial charge in [-0.2, -0.15) is 4.52 Å². The predicted octanol–water partition coefficient (Wildman–Crippen LogP) is 3.94. The number of hydrogen-bond donors (Lipinski definition) is 1. The Bertz CT molecular complexity index is 823. The van der Waals surface area contributed by atoms with E-state index in [1.807, 2.05) is 6.92 Å². The molecule has 5 nitrogen and oxygen atoms in total. The molecule has 0 aromatic carbocycles. The van der Waals surface area contributed by atoms with Gasteiger partial charge in [0.25, 0.3) is 0 Å². The quantitative estimate of drug-likeness (QED) is 0.764. The summed E-state index contributed by atoms with van der Waals surface area (Å²) in [6, 6.07) is 4.36. The molecule has 1 fully saturated rings. The van der Waals surface area contributed by atoms with Crippen molar-refractivity contribution in [2.45, 2.75) is 39.2 Å². The van der Waals surface area contributed by atoms with Crippen LogP contribution in [0.5, 0.6) is 5.88 Å². The van der Waals surface area contributed by atoms with Crippen LogP contribution in [0.25, 0.3) is 4.96 Å². The molecular weight excluding hydrogens is 340 g/mol. The number of aromatic nitrogens is 3. The molecule has 0 spiro atoms. The molecule has 0 bridgehead atoms. The van der Waals surface area contributed by atoms with E-state index in [2.05, 4.69) is 39.4 Å². The summed E-state index contributed by atoms with van der Waals surface area (Å²) < 4.78 is 1.60. The zero-order valence-corrected chi connectivity index (χ0v) is 15.6. The summed E-state index contributed by atoms with van der Waals surface area (Å²) in [6.07, 6.45) is 3.28. The third kappa shape index (κ3) is 2.74. The van der Waals surface area contributed by atoms with E-state index < -0.39 is 0 Å². The molecule has 1 N–H and O–H groups in total. The lowest BCUT2D eigenvalue weighted by Crippen LogP contribution is -2.37. The molecule has 3 aromatic heterocycles. The van der Waals surface area contributed by atoms with Crippen LogP contribution in [-0.4, -0.2) is 37.7 Å². The smallest absolute Gasteiger partial charge is 0.230 e. The molecule has 3 aromatic rings. The van der Waals surface area contributed by atoms with Gasteiger partial charge in [0.1, 0.15) is 0 Å². The number of hydrogen-bond acceptors (Lipinski definition) is 6. The summed E-state index contributed by atoms with van der Waals surface area (Å²) in [4.78, 5) is 10.1. The molecule has 4 heterocycles. The van der Waals surface area contributed by atoms with Gasteiger partial charge in [-0.05, 0) is 36.8 Å². The highest BCUT2D eigenvalue weighted by Gasteiger charge is 2.32. The largest absolute Gasteiger partial charge is 0.492 e. The van der Waals surface area contributed by atoms with Crippen molar-refractivity contribution in [3.05, 3.63) is 33.1 Å². The first-order chi connectivity index (χ1) is 11.7. The molecule has 1 saturated heterocycles. The van der Waals surface area contributed by atoms with Crippen LogP contribution in [0.1, 0.15) is 48.3 Å². The van der Waals surface area contributed by atoms with Crippen molar-refractivity contribution >= 4 is 27.6 Å². The van der Waals surface area contributed by atoms with Crippen LogP contribution in [0, 0.1) is 5.92 Å². The maximum absolute atomic E-state index is 10.8. The van der Waals surface area contributed by atoms with Crippen molar-refractivity contribution in [3.8, 4) is 5.88 Å². The van der Waals surface area contributed by atoms with Gasteiger partial charge in [0, 0.05) is 17.8 Å². The lowest BCUT2D eigenvalue weighted by molar-refractivity contribution is 0.150. The molecule has 1 aliphatic rings. The minimum absolute atomic E-state index is 0.103. The molecule has 2 atom stereocenters. The Morgan fingerprint density at radius 3 is 3.00 bits per heavy atom. The van der Waals surface area contributed by atoms with Crippen molar-refractivity contribution < 1.29 is 5.11 Å². The first-order valence-electron chi connectivity index (χ1n) is 8.52. The lowest BCUT2D eigenvalue weighted by Gasteiger charge is -2.36. The zero-order chi connectivity index (χ0) is 16.7. The van der Waals surface area contributed by atoms with Gasteiger partial charge in [0.05, 0.1) is 10.9 Å². The van der Waals surface area contributed by atoms with Gasteiger partial charge in [-0.1, -0.05) is 31.3 Å². The highest BCUT2D eigenvalue weighted by atomic mass is 32.1. The van der Waals surface area contributed by atoms with Gasteiger partial charge in [-0.15, -0.1) is 16.4 Å². The molecule has 0 radical (unpaired) electrons. The van der Waals surface area contributed by atoms with E-state index in [-0.39, 0.29) is 11.9 Å². The van der Waals surface area contributed by atoms with Crippen molar-refractivity contribution in [2.24, 2.45) is 5.92 Å². The van der Waals surface area contributed by atoms with E-state index in [0.717, 1.165) is 35.2 Å². The number of thiophene rings is 1. The Kier molecular flexibility index (Phi) is 4.32. The van der Waals surface area contributed by atoms with Crippen molar-refractivity contribution in [3.63, 3.8) is 0 Å². The Morgan fingerprint density at radius 1 is 1.46 bits per heavy atom. The van der Waals surface area contributed by atoms with Gasteiger partial charge < -0.3 is 5.11 Å². The summed E-state index contributed by atoms with van der Waals surface area (Å²) in [6.45, 7) is 6.48. The highest BCUT2D eigenvalue weighted by Crippen LogP contribution is 2.42. The van der Waals surface area contributed by atoms with E-state index in [0.29, 0.717) is 5.92 Å². The van der Waals surface area contributed by atoms with Gasteiger partial charge in [0.15, 0.2) is 5.82 Å². The Hall–Kier alpha value is -1.44. The van der Waals surface area contributed by atoms with E-state index in [1.54, 1.807) is 27.2 Å². The maximum atomic E-state index is 10.8. The van der Waals surface area contributed by atoms with Crippen molar-refractivity contribution in [1.82, 2.24) is 19.5 Å². The first-order valence-corrected chi connectivity index (χ1v) is 10.2. The molecule has 4 rings (SSSR count). The second kappa shape index (κ2) is 6.46. The van der Waals surface area contributed by atoms with Gasteiger partial charge >= 0.3 is 0 Å². The SMILES string of the molecule is CCc1nc2sc([C@@H](c3cccs3)N3CCC[C@@H](C)C3)c(O)n2n1. The second-order valence-corrected chi connectivity index (χ2v) is 8.51. The third-order valence-electron chi connectivity index (χ3n) is 4.67. The van der Waals surface area contributed by atoms with Crippen molar-refractivity contribution in [2.75, 3.05) is 13.1 Å². The molecule has 0 aliphatic carbocycles. The number of likely N-dealkylation sites (tertiary alicyclic amines) is 1. The minimum atomic E-state index is 0.103. The van der Waals surface area contributed by atoms with E-state index >= 15 is 0 Å². The molecule has 0 saturated carbocycles. The fourth-order valence-electron chi connectivity index (χ4n) is 3.50. The van der Waals surface area contributed by atoms with Crippen LogP contribution >= 0.6 is 22.7 Å². The molecular formula is C17H22N4OS2. The van der Waals surface area contributed by atoms with Crippen LogP contribution in [0.3, 0.4) is 0 Å². The summed E-state index contributed by atoms with van der Waals surface area (Å²) in [7, 11) is 0. The minimum Gasteiger partial charge on any atom is -0.492 e. The van der Waals surface area contributed by atoms with Gasteiger partial charge in [0.2, 0.25) is 10.8 Å². The molecule has 7 heteroatoms. The lowest BCUT2D eigenvalue weighted by atomic mass is 9.98. The molecule has 0 unspecified atom stereocenters. The van der Waals surface area contributed by atoms with Crippen LogP contribution < -0.4 is 0 Å². The third-order valence-corrected chi connectivity index (χ3v) is 6.67. The number of nitrogens with zero attached hydrogens (tertiary/aromatic N) is 4. The average molecular weight is 363 g/mol. The number of piperidine rings is 1. The van der Waals surface area contributed by atoms with E-state index in [4.69, 9.17) is 0 Å². The fraction of sp³-hybridized carbons (Fsp3) is 0.529. The molecule has 0 amide bonds. The maximum Gasteiger partial charge on any atom is 0.230 e. The van der Waals surface area contributed by atoms with Crippen LogP contribution in [0.2, 0.25) is 0 Å².